The second-order valence-corrected chi connectivity index (χ2v) is 9.17. The monoisotopic (exact) mass is 368 g/mol. The Bertz CT molecular complexity index is 892. The molecule has 3 heteroatoms. The quantitative estimate of drug-likeness (QED) is 0.672. The van der Waals surface area contributed by atoms with Crippen molar-refractivity contribution in [1.82, 2.24) is 0 Å². The molecule has 0 unspecified atom stereocenters. The van der Waals surface area contributed by atoms with E-state index in [1.165, 1.54) is 12.1 Å². The standard InChI is InChI=1S/C24H29FO2/c1-14-13-18(23(3,4)5)20(24(6,7)8)21(25)19(14)15(2)16-9-11-17(12-10-16)22(26)27/h9-13H,2H2,1,3-8H3,(H,26,27). The number of rotatable bonds is 3. The number of benzene rings is 2. The zero-order chi connectivity index (χ0) is 20.7. The molecular weight excluding hydrogens is 339 g/mol. The first-order chi connectivity index (χ1) is 12.2. The van der Waals surface area contributed by atoms with Gasteiger partial charge < -0.3 is 5.11 Å². The van der Waals surface area contributed by atoms with E-state index in [9.17, 15) is 4.79 Å². The largest absolute Gasteiger partial charge is 0.478 e. The Morgan fingerprint density at radius 2 is 1.44 bits per heavy atom. The molecule has 0 atom stereocenters. The van der Waals surface area contributed by atoms with E-state index < -0.39 is 5.97 Å². The van der Waals surface area contributed by atoms with E-state index in [4.69, 9.17) is 5.11 Å². The molecule has 0 aliphatic carbocycles. The third kappa shape index (κ3) is 4.13. The molecule has 144 valence electrons. The lowest BCUT2D eigenvalue weighted by atomic mass is 9.72. The van der Waals surface area contributed by atoms with Gasteiger partial charge in [0, 0.05) is 5.56 Å². The molecule has 2 nitrogen and oxygen atoms in total. The number of carboxylic acid groups (broad SMARTS) is 1. The zero-order valence-corrected chi connectivity index (χ0v) is 17.3. The second kappa shape index (κ2) is 6.95. The number of hydrogen-bond acceptors (Lipinski definition) is 1. The van der Waals surface area contributed by atoms with Crippen LogP contribution in [0.3, 0.4) is 0 Å². The van der Waals surface area contributed by atoms with Gasteiger partial charge in [0.25, 0.3) is 0 Å². The number of carbonyl (C=O) groups is 1. The fourth-order valence-corrected chi connectivity index (χ4v) is 3.43. The topological polar surface area (TPSA) is 37.3 Å². The Labute approximate surface area is 161 Å². The first kappa shape index (κ1) is 20.9. The Hall–Kier alpha value is -2.42. The molecule has 2 aromatic rings. The summed E-state index contributed by atoms with van der Waals surface area (Å²) in [6, 6.07) is 8.46. The number of carboxylic acids is 1. The average molecular weight is 368 g/mol. The van der Waals surface area contributed by atoms with Crippen LogP contribution in [-0.4, -0.2) is 11.1 Å². The minimum atomic E-state index is -0.987. The molecule has 27 heavy (non-hydrogen) atoms. The molecule has 0 fully saturated rings. The molecule has 0 bridgehead atoms. The van der Waals surface area contributed by atoms with Gasteiger partial charge in [-0.3, -0.25) is 0 Å². The smallest absolute Gasteiger partial charge is 0.335 e. The first-order valence-corrected chi connectivity index (χ1v) is 9.12. The van der Waals surface area contributed by atoms with Gasteiger partial charge in [-0.1, -0.05) is 66.3 Å². The molecule has 0 aliphatic heterocycles. The number of hydrogen-bond donors (Lipinski definition) is 1. The van der Waals surface area contributed by atoms with Crippen molar-refractivity contribution < 1.29 is 14.3 Å². The summed E-state index contributed by atoms with van der Waals surface area (Å²) in [5, 5.41) is 9.07. The van der Waals surface area contributed by atoms with Crippen molar-refractivity contribution in [2.24, 2.45) is 0 Å². The summed E-state index contributed by atoms with van der Waals surface area (Å²) in [7, 11) is 0. The SMILES string of the molecule is C=C(c1ccc(C(=O)O)cc1)c1c(C)cc(C(C)(C)C)c(C(C)(C)C)c1F. The molecule has 0 saturated carbocycles. The number of aryl methyl sites for hydroxylation is 1. The van der Waals surface area contributed by atoms with Crippen LogP contribution in [-0.2, 0) is 10.8 Å². The maximum Gasteiger partial charge on any atom is 0.335 e. The maximum atomic E-state index is 15.8. The van der Waals surface area contributed by atoms with Crippen molar-refractivity contribution in [3.8, 4) is 0 Å². The zero-order valence-electron chi connectivity index (χ0n) is 17.3. The molecule has 2 aromatic carbocycles. The normalized spacial score (nSPS) is 12.1. The average Bonchev–Trinajstić information content (AvgIpc) is 2.52. The number of aromatic carboxylic acids is 1. The molecule has 0 aromatic heterocycles. The molecular formula is C24H29FO2. The van der Waals surface area contributed by atoms with Crippen molar-refractivity contribution >= 4 is 11.5 Å². The van der Waals surface area contributed by atoms with Crippen LogP contribution in [0.25, 0.3) is 5.57 Å². The highest BCUT2D eigenvalue weighted by molar-refractivity contribution is 5.89. The van der Waals surface area contributed by atoms with E-state index >= 15 is 4.39 Å². The summed E-state index contributed by atoms with van der Waals surface area (Å²) in [4.78, 5) is 11.1. The van der Waals surface area contributed by atoms with Crippen molar-refractivity contribution in [1.29, 1.82) is 0 Å². The fourth-order valence-electron chi connectivity index (χ4n) is 3.43. The van der Waals surface area contributed by atoms with Crippen LogP contribution in [0.2, 0.25) is 0 Å². The molecule has 0 heterocycles. The van der Waals surface area contributed by atoms with Gasteiger partial charge in [-0.25, -0.2) is 9.18 Å². The van der Waals surface area contributed by atoms with E-state index in [0.29, 0.717) is 22.3 Å². The van der Waals surface area contributed by atoms with E-state index in [0.717, 1.165) is 11.1 Å². The Kier molecular flexibility index (Phi) is 5.38. The van der Waals surface area contributed by atoms with Gasteiger partial charge in [-0.2, -0.15) is 0 Å². The van der Waals surface area contributed by atoms with Crippen LogP contribution in [0.4, 0.5) is 4.39 Å². The molecule has 0 saturated heterocycles. The molecule has 0 aliphatic rings. The highest BCUT2D eigenvalue weighted by Crippen LogP contribution is 2.40. The molecule has 0 amide bonds. The van der Waals surface area contributed by atoms with Crippen LogP contribution in [0.5, 0.6) is 0 Å². The van der Waals surface area contributed by atoms with Gasteiger partial charge in [-0.05, 0) is 57.7 Å². The molecule has 0 radical (unpaired) electrons. The lowest BCUT2D eigenvalue weighted by Gasteiger charge is -2.32. The molecule has 1 N–H and O–H groups in total. The van der Waals surface area contributed by atoms with Gasteiger partial charge in [0.1, 0.15) is 5.82 Å². The van der Waals surface area contributed by atoms with Crippen LogP contribution in [0, 0.1) is 12.7 Å². The Balaban J connectivity index is 2.70. The van der Waals surface area contributed by atoms with Gasteiger partial charge in [0.15, 0.2) is 0 Å². The third-order valence-electron chi connectivity index (χ3n) is 4.80. The van der Waals surface area contributed by atoms with Crippen LogP contribution >= 0.6 is 0 Å². The molecule has 2 rings (SSSR count). The first-order valence-electron chi connectivity index (χ1n) is 9.12. The Morgan fingerprint density at radius 3 is 1.85 bits per heavy atom. The summed E-state index contributed by atoms with van der Waals surface area (Å²) in [6.45, 7) is 18.4. The van der Waals surface area contributed by atoms with E-state index in [1.54, 1.807) is 12.1 Å². The summed E-state index contributed by atoms with van der Waals surface area (Å²) in [5.41, 5.74) is 3.97. The predicted molar refractivity (Wildman–Crippen MR) is 110 cm³/mol. The number of halogens is 1. The van der Waals surface area contributed by atoms with Gasteiger partial charge >= 0.3 is 5.97 Å². The van der Waals surface area contributed by atoms with Gasteiger partial charge in [-0.15, -0.1) is 0 Å². The highest BCUT2D eigenvalue weighted by atomic mass is 19.1. The fraction of sp³-hybridized carbons (Fsp3) is 0.375. The minimum Gasteiger partial charge on any atom is -0.478 e. The third-order valence-corrected chi connectivity index (χ3v) is 4.80. The van der Waals surface area contributed by atoms with E-state index in [2.05, 4.69) is 33.4 Å². The maximum absolute atomic E-state index is 15.8. The lowest BCUT2D eigenvalue weighted by Crippen LogP contribution is -2.25. The van der Waals surface area contributed by atoms with Gasteiger partial charge in [0.05, 0.1) is 5.56 Å². The van der Waals surface area contributed by atoms with Crippen molar-refractivity contribution in [2.45, 2.75) is 59.3 Å². The highest BCUT2D eigenvalue weighted by Gasteiger charge is 2.31. The van der Waals surface area contributed by atoms with Crippen LogP contribution in [0.15, 0.2) is 36.9 Å². The van der Waals surface area contributed by atoms with Gasteiger partial charge in [0.2, 0.25) is 0 Å². The van der Waals surface area contributed by atoms with Crippen molar-refractivity contribution in [3.63, 3.8) is 0 Å². The minimum absolute atomic E-state index is 0.183. The van der Waals surface area contributed by atoms with Crippen LogP contribution in [0.1, 0.15) is 79.7 Å². The summed E-state index contributed by atoms with van der Waals surface area (Å²) in [6.07, 6.45) is 0. The molecule has 0 spiro atoms. The van der Waals surface area contributed by atoms with E-state index in [1.807, 2.05) is 27.7 Å². The van der Waals surface area contributed by atoms with Crippen molar-refractivity contribution in [2.75, 3.05) is 0 Å². The predicted octanol–water partition coefficient (Wildman–Crippen LogP) is 6.49. The van der Waals surface area contributed by atoms with Crippen LogP contribution < -0.4 is 0 Å². The summed E-state index contributed by atoms with van der Waals surface area (Å²) in [5.74, 6) is -1.22. The summed E-state index contributed by atoms with van der Waals surface area (Å²) >= 11 is 0. The summed E-state index contributed by atoms with van der Waals surface area (Å²) < 4.78 is 15.8. The Morgan fingerprint density at radius 1 is 0.963 bits per heavy atom. The van der Waals surface area contributed by atoms with E-state index in [-0.39, 0.29) is 22.2 Å². The second-order valence-electron chi connectivity index (χ2n) is 9.17. The van der Waals surface area contributed by atoms with Crippen molar-refractivity contribution in [3.05, 3.63) is 76.1 Å². The lowest BCUT2D eigenvalue weighted by molar-refractivity contribution is 0.0697.